The van der Waals surface area contributed by atoms with Gasteiger partial charge < -0.3 is 5.32 Å². The summed E-state index contributed by atoms with van der Waals surface area (Å²) in [7, 11) is 1.89. The number of halogens is 1. The van der Waals surface area contributed by atoms with Crippen molar-refractivity contribution in [3.05, 3.63) is 64.1 Å². The summed E-state index contributed by atoms with van der Waals surface area (Å²) in [4.78, 5) is 12.3. The molecule has 0 fully saturated rings. The van der Waals surface area contributed by atoms with Crippen molar-refractivity contribution in [3.63, 3.8) is 0 Å². The van der Waals surface area contributed by atoms with Gasteiger partial charge in [0.25, 0.3) is 0 Å². The summed E-state index contributed by atoms with van der Waals surface area (Å²) in [6.45, 7) is 2.48. The molecule has 1 amide bonds. The lowest BCUT2D eigenvalue weighted by molar-refractivity contribution is -0.116. The highest BCUT2D eigenvalue weighted by atomic mass is 35.5. The van der Waals surface area contributed by atoms with Crippen LogP contribution < -0.4 is 5.32 Å². The van der Waals surface area contributed by atoms with E-state index in [1.54, 1.807) is 6.20 Å². The van der Waals surface area contributed by atoms with Gasteiger partial charge in [-0.05, 0) is 24.6 Å². The van der Waals surface area contributed by atoms with Crippen molar-refractivity contribution in [2.75, 3.05) is 5.32 Å². The number of fused-ring (bicyclic) bond motifs is 1. The average Bonchev–Trinajstić information content (AvgIpc) is 3.13. The molecule has 1 N–H and O–H groups in total. The molecule has 1 aliphatic rings. The molecule has 4 rings (SSSR count). The van der Waals surface area contributed by atoms with E-state index in [0.717, 1.165) is 28.3 Å². The maximum Gasteiger partial charge on any atom is 0.226 e. The van der Waals surface area contributed by atoms with Gasteiger partial charge in [0, 0.05) is 41.9 Å². The number of carbonyl (C=O) groups excluding carboxylic acids is 1. The minimum atomic E-state index is -0.0451. The molecule has 0 saturated carbocycles. The van der Waals surface area contributed by atoms with E-state index < -0.39 is 0 Å². The Labute approximate surface area is 150 Å². The third kappa shape index (κ3) is 2.72. The summed E-state index contributed by atoms with van der Waals surface area (Å²) in [5.41, 5.74) is 3.94. The number of amides is 1. The predicted octanol–water partition coefficient (Wildman–Crippen LogP) is 3.10. The van der Waals surface area contributed by atoms with Crippen LogP contribution in [0.5, 0.6) is 0 Å². The van der Waals surface area contributed by atoms with Crippen LogP contribution in [0.2, 0.25) is 5.02 Å². The Morgan fingerprint density at radius 3 is 2.84 bits per heavy atom. The molecular weight excluding hydrogens is 338 g/mol. The van der Waals surface area contributed by atoms with E-state index in [-0.39, 0.29) is 11.8 Å². The van der Waals surface area contributed by atoms with Crippen LogP contribution in [0.15, 0.2) is 36.5 Å². The molecule has 1 aromatic carbocycles. The maximum absolute atomic E-state index is 12.3. The molecule has 1 aliphatic heterocycles. The number of hydrogen-bond acceptors (Lipinski definition) is 3. The fourth-order valence-electron chi connectivity index (χ4n) is 3.50. The number of nitrogens with zero attached hydrogens (tertiary/aromatic N) is 4. The molecule has 0 aliphatic carbocycles. The Morgan fingerprint density at radius 2 is 2.12 bits per heavy atom. The third-order valence-electron chi connectivity index (χ3n) is 4.66. The van der Waals surface area contributed by atoms with Crippen molar-refractivity contribution >= 4 is 23.3 Å². The van der Waals surface area contributed by atoms with Crippen LogP contribution >= 0.6 is 11.6 Å². The summed E-state index contributed by atoms with van der Waals surface area (Å²) >= 11 is 6.28. The van der Waals surface area contributed by atoms with Crippen molar-refractivity contribution in [3.8, 4) is 0 Å². The molecule has 3 heterocycles. The topological polar surface area (TPSA) is 64.7 Å². The molecule has 1 unspecified atom stereocenters. The highest BCUT2D eigenvalue weighted by Crippen LogP contribution is 2.39. The van der Waals surface area contributed by atoms with Crippen molar-refractivity contribution in [1.29, 1.82) is 0 Å². The van der Waals surface area contributed by atoms with E-state index in [2.05, 4.69) is 15.5 Å². The lowest BCUT2D eigenvalue weighted by atomic mass is 9.89. The fraction of sp³-hybridized carbons (Fsp3) is 0.278. The zero-order valence-electron chi connectivity index (χ0n) is 14.0. The van der Waals surface area contributed by atoms with Crippen LogP contribution in [0, 0.1) is 6.92 Å². The highest BCUT2D eigenvalue weighted by molar-refractivity contribution is 6.31. The number of aromatic nitrogens is 4. The van der Waals surface area contributed by atoms with Gasteiger partial charge in [0.05, 0.1) is 12.2 Å². The molecule has 7 heteroatoms. The largest absolute Gasteiger partial charge is 0.311 e. The second-order valence-corrected chi connectivity index (χ2v) is 6.69. The fourth-order valence-corrected chi connectivity index (χ4v) is 3.69. The third-order valence-corrected chi connectivity index (χ3v) is 5.03. The number of benzene rings is 1. The van der Waals surface area contributed by atoms with Crippen LogP contribution in [0.3, 0.4) is 0 Å². The molecule has 0 radical (unpaired) electrons. The molecular formula is C18H18ClN5O. The van der Waals surface area contributed by atoms with Gasteiger partial charge in [0.15, 0.2) is 0 Å². The Kier molecular flexibility index (Phi) is 3.84. The molecule has 0 saturated heterocycles. The number of anilines is 1. The smallest absolute Gasteiger partial charge is 0.226 e. The minimum Gasteiger partial charge on any atom is -0.311 e. The number of aryl methyl sites for hydroxylation is 2. The molecule has 3 aromatic rings. The van der Waals surface area contributed by atoms with E-state index in [9.17, 15) is 4.79 Å². The summed E-state index contributed by atoms with van der Waals surface area (Å²) in [5.74, 6) is 0.690. The molecule has 0 bridgehead atoms. The van der Waals surface area contributed by atoms with Crippen molar-refractivity contribution in [1.82, 2.24) is 19.6 Å². The molecule has 6 nitrogen and oxygen atoms in total. The molecule has 2 aromatic heterocycles. The van der Waals surface area contributed by atoms with Crippen LogP contribution in [0.4, 0.5) is 5.82 Å². The monoisotopic (exact) mass is 355 g/mol. The standard InChI is InChI=1S/C18H18ClN5O/c1-11-17-13(15-7-8-20-23(15)2)9-16(25)21-18(17)24(22-11)10-12-5-3-4-6-14(12)19/h3-8,13H,9-10H2,1-2H3,(H,21,25). The molecule has 0 spiro atoms. The van der Waals surface area contributed by atoms with Gasteiger partial charge in [0.2, 0.25) is 5.91 Å². The van der Waals surface area contributed by atoms with Gasteiger partial charge >= 0.3 is 0 Å². The first-order valence-electron chi connectivity index (χ1n) is 8.13. The lowest BCUT2D eigenvalue weighted by Gasteiger charge is -2.24. The van der Waals surface area contributed by atoms with Crippen LogP contribution in [0.25, 0.3) is 0 Å². The Balaban J connectivity index is 1.80. The van der Waals surface area contributed by atoms with Crippen LogP contribution in [-0.4, -0.2) is 25.5 Å². The Bertz CT molecular complexity index is 958. The number of rotatable bonds is 3. The van der Waals surface area contributed by atoms with Gasteiger partial charge in [-0.25, -0.2) is 4.68 Å². The van der Waals surface area contributed by atoms with Crippen molar-refractivity contribution in [2.24, 2.45) is 7.05 Å². The van der Waals surface area contributed by atoms with E-state index in [4.69, 9.17) is 11.6 Å². The lowest BCUT2D eigenvalue weighted by Crippen LogP contribution is -2.26. The van der Waals surface area contributed by atoms with Crippen LogP contribution in [0.1, 0.15) is 34.9 Å². The first-order valence-corrected chi connectivity index (χ1v) is 8.51. The van der Waals surface area contributed by atoms with E-state index in [0.29, 0.717) is 18.0 Å². The molecule has 128 valence electrons. The maximum atomic E-state index is 12.3. The second kappa shape index (κ2) is 6.04. The van der Waals surface area contributed by atoms with Gasteiger partial charge in [-0.2, -0.15) is 10.2 Å². The van der Waals surface area contributed by atoms with E-state index >= 15 is 0 Å². The molecule has 25 heavy (non-hydrogen) atoms. The summed E-state index contributed by atoms with van der Waals surface area (Å²) in [6.07, 6.45) is 2.15. The summed E-state index contributed by atoms with van der Waals surface area (Å²) < 4.78 is 3.64. The van der Waals surface area contributed by atoms with Gasteiger partial charge in [0.1, 0.15) is 5.82 Å². The SMILES string of the molecule is Cc1nn(Cc2ccccc2Cl)c2c1C(c1ccnn1C)CC(=O)N2. The summed E-state index contributed by atoms with van der Waals surface area (Å²) in [6, 6.07) is 9.63. The van der Waals surface area contributed by atoms with Crippen molar-refractivity contribution < 1.29 is 4.79 Å². The van der Waals surface area contributed by atoms with Crippen molar-refractivity contribution in [2.45, 2.75) is 25.8 Å². The van der Waals surface area contributed by atoms with Gasteiger partial charge in [-0.15, -0.1) is 0 Å². The first kappa shape index (κ1) is 15.9. The van der Waals surface area contributed by atoms with Gasteiger partial charge in [-0.3, -0.25) is 9.48 Å². The Hall–Kier alpha value is -2.60. The summed E-state index contributed by atoms with van der Waals surface area (Å²) in [5, 5.41) is 12.6. The second-order valence-electron chi connectivity index (χ2n) is 6.28. The zero-order chi connectivity index (χ0) is 17.6. The Morgan fingerprint density at radius 1 is 1.32 bits per heavy atom. The minimum absolute atomic E-state index is 0.0148. The van der Waals surface area contributed by atoms with Crippen LogP contribution in [-0.2, 0) is 18.4 Å². The number of carbonyl (C=O) groups is 1. The molecule has 1 atom stereocenters. The number of nitrogens with one attached hydrogen (secondary N) is 1. The number of hydrogen-bond donors (Lipinski definition) is 1. The van der Waals surface area contributed by atoms with E-state index in [1.165, 1.54) is 0 Å². The predicted molar refractivity (Wildman–Crippen MR) is 95.8 cm³/mol. The quantitative estimate of drug-likeness (QED) is 0.785. The van der Waals surface area contributed by atoms with E-state index in [1.807, 2.05) is 53.7 Å². The average molecular weight is 356 g/mol. The first-order chi connectivity index (χ1) is 12.0. The highest BCUT2D eigenvalue weighted by Gasteiger charge is 2.33. The normalized spacial score (nSPS) is 16.6. The van der Waals surface area contributed by atoms with Gasteiger partial charge in [-0.1, -0.05) is 29.8 Å². The zero-order valence-corrected chi connectivity index (χ0v) is 14.8.